The number of hydrogen-bond acceptors (Lipinski definition) is 11. The van der Waals surface area contributed by atoms with Gasteiger partial charge in [0.2, 0.25) is 0 Å². The molecule has 0 spiro atoms. The van der Waals surface area contributed by atoms with Crippen LogP contribution in [-0.2, 0) is 4.74 Å². The van der Waals surface area contributed by atoms with Crippen LogP contribution in [0.5, 0.6) is 11.5 Å². The third-order valence-electron chi connectivity index (χ3n) is 10.2. The molecule has 0 unspecified atom stereocenters. The molecule has 0 radical (unpaired) electrons. The van der Waals surface area contributed by atoms with E-state index in [0.717, 1.165) is 43.7 Å². The molecule has 4 amide bonds. The Morgan fingerprint density at radius 2 is 1.14 bits per heavy atom. The molecule has 19 heteroatoms. The zero-order chi connectivity index (χ0) is 41.7. The van der Waals surface area contributed by atoms with E-state index >= 15 is 0 Å². The Labute approximate surface area is 364 Å². The van der Waals surface area contributed by atoms with Crippen molar-refractivity contribution in [3.63, 3.8) is 0 Å². The summed E-state index contributed by atoms with van der Waals surface area (Å²) in [4.78, 5) is 49.5. The number of carbonyl (C=O) groups is 2. The maximum Gasteiger partial charge on any atom is 0.323 e. The zero-order valence-corrected chi connectivity index (χ0v) is 37.6. The largest absolute Gasteiger partial charge is 0.542 e. The molecule has 4 aromatic rings. The van der Waals surface area contributed by atoms with Gasteiger partial charge >= 0.3 is 12.1 Å². The Kier molecular flexibility index (Phi) is 17.6. The van der Waals surface area contributed by atoms with Crippen LogP contribution in [0.4, 0.5) is 32.9 Å². The number of urea groups is 2. The van der Waals surface area contributed by atoms with Gasteiger partial charge < -0.3 is 33.9 Å². The number of carbonyl (C=O) groups excluding carboxylic acids is 2. The molecule has 3 fully saturated rings. The summed E-state index contributed by atoms with van der Waals surface area (Å²) in [5, 5.41) is 16.1. The van der Waals surface area contributed by atoms with Crippen LogP contribution in [0.3, 0.4) is 0 Å². The van der Waals surface area contributed by atoms with Crippen molar-refractivity contribution in [2.24, 2.45) is 0 Å². The molecule has 4 aromatic heterocycles. The number of nitrogens with zero attached hydrogens (tertiary/aromatic N) is 8. The molecule has 3 N–H and O–H groups in total. The zero-order valence-electron chi connectivity index (χ0n) is 34.2. The number of piperazine rings is 2. The minimum Gasteiger partial charge on any atom is -0.542 e. The van der Waals surface area contributed by atoms with Crippen LogP contribution >= 0.6 is 35.6 Å². The van der Waals surface area contributed by atoms with Gasteiger partial charge in [0.25, 0.3) is 8.32 Å². The predicted octanol–water partition coefficient (Wildman–Crippen LogP) is 8.28. The number of amides is 4. The summed E-state index contributed by atoms with van der Waals surface area (Å²) in [5.41, 5.74) is 0. The highest BCUT2D eigenvalue weighted by molar-refractivity contribution is 6.74. The lowest BCUT2D eigenvalue weighted by Crippen LogP contribution is -2.50. The number of ether oxygens (including phenoxy) is 1. The quantitative estimate of drug-likeness (QED) is 0.160. The van der Waals surface area contributed by atoms with Gasteiger partial charge in [0.15, 0.2) is 0 Å². The smallest absolute Gasteiger partial charge is 0.323 e. The number of pyridine rings is 4. The van der Waals surface area contributed by atoms with Crippen molar-refractivity contribution < 1.29 is 23.9 Å². The number of aromatic hydroxyl groups is 1. The molecule has 59 heavy (non-hydrogen) atoms. The van der Waals surface area contributed by atoms with Crippen LogP contribution in [0, 0.1) is 0 Å². The van der Waals surface area contributed by atoms with Crippen molar-refractivity contribution in [1.82, 2.24) is 29.7 Å². The number of nitrogens with one attached hydrogen (secondary N) is 2. The first-order valence-electron chi connectivity index (χ1n) is 19.4. The topological polar surface area (TPSA) is 161 Å². The molecular formula is C40H55Cl3N10O5Si. The number of rotatable bonds is 6. The fourth-order valence-electron chi connectivity index (χ4n) is 5.70. The highest BCUT2D eigenvalue weighted by Gasteiger charge is 2.39. The van der Waals surface area contributed by atoms with Crippen LogP contribution in [0.15, 0.2) is 73.3 Å². The van der Waals surface area contributed by atoms with E-state index in [9.17, 15) is 14.7 Å². The van der Waals surface area contributed by atoms with Gasteiger partial charge in [-0.25, -0.2) is 29.5 Å². The molecule has 3 aliphatic heterocycles. The average molecular weight is 890 g/mol. The summed E-state index contributed by atoms with van der Waals surface area (Å²) < 4.78 is 11.2. The molecule has 0 atom stereocenters. The summed E-state index contributed by atoms with van der Waals surface area (Å²) in [5.74, 6) is 3.46. The lowest BCUT2D eigenvalue weighted by molar-refractivity contribution is 0.198. The van der Waals surface area contributed by atoms with E-state index in [0.29, 0.717) is 60.9 Å². The number of anilines is 4. The van der Waals surface area contributed by atoms with Crippen LogP contribution < -0.4 is 24.9 Å². The van der Waals surface area contributed by atoms with Crippen molar-refractivity contribution in [3.05, 3.63) is 83.4 Å². The number of hydrogen-bond donors (Lipinski definition) is 3. The van der Waals surface area contributed by atoms with E-state index in [-0.39, 0.29) is 35.3 Å². The normalized spacial score (nSPS) is 15.4. The summed E-state index contributed by atoms with van der Waals surface area (Å²) in [6.07, 6.45) is 8.78. The highest BCUT2D eigenvalue weighted by Crippen LogP contribution is 2.37. The molecule has 0 aromatic carbocycles. The monoisotopic (exact) mass is 888 g/mol. The molecule has 0 aliphatic carbocycles. The second kappa shape index (κ2) is 22.1. The van der Waals surface area contributed by atoms with Gasteiger partial charge in [0, 0.05) is 78.0 Å². The summed E-state index contributed by atoms with van der Waals surface area (Å²) in [7, 11) is -1.91. The molecule has 15 nitrogen and oxygen atoms in total. The Morgan fingerprint density at radius 1 is 0.678 bits per heavy atom. The van der Waals surface area contributed by atoms with Crippen molar-refractivity contribution in [3.8, 4) is 11.5 Å². The number of halogens is 3. The molecule has 0 bridgehead atoms. The predicted molar refractivity (Wildman–Crippen MR) is 239 cm³/mol. The van der Waals surface area contributed by atoms with E-state index in [2.05, 4.69) is 74.2 Å². The standard InChI is InChI=1S/C21H30ClN5O2Si.C15H16ClN5O2.C4H8O.ClH/c1-21(2,3)30(4,5)29-17-7-8-18(23-15-17)25-20(28)27-12-10-26(11-13-27)19-9-6-16(22)14-24-19;16-11-1-4-14(18-9-11)20-5-7-21(8-6-20)15(23)19-13-3-2-12(22)10-17-13;1-2-4-5-3-1;/h6-9,14-15H,10-13H2,1-5H3,(H,23,25,28);1-4,9-10,22H,5-8H2,(H,17,19,23);1-4H2;1H. The Hall–Kier alpha value is -4.61. The van der Waals surface area contributed by atoms with Gasteiger partial charge in [-0.15, -0.1) is 12.4 Å². The van der Waals surface area contributed by atoms with Gasteiger partial charge in [-0.2, -0.15) is 0 Å². The second-order valence-corrected chi connectivity index (χ2v) is 21.0. The molecule has 7 rings (SSSR count). The minimum absolute atomic E-state index is 0. The van der Waals surface area contributed by atoms with Crippen LogP contribution in [0.2, 0.25) is 28.2 Å². The van der Waals surface area contributed by atoms with Crippen molar-refractivity contribution in [2.45, 2.75) is 51.7 Å². The molecular weight excluding hydrogens is 835 g/mol. The number of aromatic nitrogens is 4. The fraction of sp³-hybridized carbons (Fsp3) is 0.450. The van der Waals surface area contributed by atoms with Crippen LogP contribution in [-0.4, -0.2) is 121 Å². The van der Waals surface area contributed by atoms with E-state index in [1.807, 2.05) is 24.3 Å². The first-order chi connectivity index (χ1) is 27.7. The maximum atomic E-state index is 12.6. The fourth-order valence-corrected chi connectivity index (χ4v) is 6.94. The Morgan fingerprint density at radius 3 is 1.47 bits per heavy atom. The van der Waals surface area contributed by atoms with Crippen molar-refractivity contribution in [2.75, 3.05) is 86.0 Å². The minimum atomic E-state index is -1.91. The molecule has 3 aliphatic rings. The van der Waals surface area contributed by atoms with Gasteiger partial charge in [-0.1, -0.05) is 44.0 Å². The van der Waals surface area contributed by atoms with Crippen molar-refractivity contribution in [1.29, 1.82) is 0 Å². The van der Waals surface area contributed by atoms with Gasteiger partial charge in [-0.05, 0) is 79.5 Å². The molecule has 7 heterocycles. The average Bonchev–Trinajstić information content (AvgIpc) is 3.81. The van der Waals surface area contributed by atoms with Crippen molar-refractivity contribution >= 4 is 79.3 Å². The second-order valence-electron chi connectivity index (χ2n) is 15.4. The van der Waals surface area contributed by atoms with E-state index in [1.165, 1.54) is 25.1 Å². The van der Waals surface area contributed by atoms with Gasteiger partial charge in [0.1, 0.15) is 34.8 Å². The van der Waals surface area contributed by atoms with Gasteiger partial charge in [-0.3, -0.25) is 10.6 Å². The SMILES string of the molecule is C1CCOC1.CC(C)(C)[Si](C)(C)Oc1ccc(NC(=O)N2CCN(c3ccc(Cl)cn3)CC2)nc1.Cl.O=C(Nc1ccc(O)cn1)N1CCN(c2ccc(Cl)cn2)CC1. The van der Waals surface area contributed by atoms with Crippen LogP contribution in [0.25, 0.3) is 0 Å². The molecule has 0 saturated carbocycles. The summed E-state index contributed by atoms with van der Waals surface area (Å²) in [6.45, 7) is 18.2. The lowest BCUT2D eigenvalue weighted by Gasteiger charge is -2.36. The Balaban J connectivity index is 0.000000234. The third-order valence-corrected chi connectivity index (χ3v) is 15.0. The maximum absolute atomic E-state index is 12.6. The summed E-state index contributed by atoms with van der Waals surface area (Å²) in [6, 6.07) is 13.7. The Bertz CT molecular complexity index is 1880. The first-order valence-corrected chi connectivity index (χ1v) is 23.1. The van der Waals surface area contributed by atoms with E-state index in [1.54, 1.807) is 46.6 Å². The van der Waals surface area contributed by atoms with E-state index in [4.69, 9.17) is 32.4 Å². The van der Waals surface area contributed by atoms with E-state index < -0.39 is 8.32 Å². The third kappa shape index (κ3) is 14.6. The molecule has 320 valence electrons. The van der Waals surface area contributed by atoms with Crippen LogP contribution in [0.1, 0.15) is 33.6 Å². The summed E-state index contributed by atoms with van der Waals surface area (Å²) >= 11 is 11.7. The highest BCUT2D eigenvalue weighted by atomic mass is 35.5. The van der Waals surface area contributed by atoms with Gasteiger partial charge in [0.05, 0.1) is 22.4 Å². The molecule has 3 saturated heterocycles. The lowest BCUT2D eigenvalue weighted by atomic mass is 10.2. The first kappa shape index (κ1) is 47.1.